The molecule has 1 N–H and O–H groups in total. The van der Waals surface area contributed by atoms with Crippen molar-refractivity contribution in [1.82, 2.24) is 5.32 Å². The fraction of sp³-hybridized carbons (Fsp3) is 0.409. The van der Waals surface area contributed by atoms with Gasteiger partial charge < -0.3 is 24.3 Å². The molecular weight excluding hydrogens is 358 g/mol. The van der Waals surface area contributed by atoms with Gasteiger partial charge in [-0.3, -0.25) is 4.79 Å². The molecule has 0 aliphatic rings. The third-order valence-electron chi connectivity index (χ3n) is 4.04. The SMILES string of the molecule is CCC(Oc1cccc(OC)c1)C(=O)NCc1ccc(OC(C)C)c(OC)c1. The van der Waals surface area contributed by atoms with Crippen LogP contribution < -0.4 is 24.3 Å². The van der Waals surface area contributed by atoms with E-state index in [1.54, 1.807) is 26.4 Å². The highest BCUT2D eigenvalue weighted by Crippen LogP contribution is 2.29. The Morgan fingerprint density at radius 3 is 2.36 bits per heavy atom. The minimum atomic E-state index is -0.586. The van der Waals surface area contributed by atoms with E-state index in [9.17, 15) is 4.79 Å². The number of carbonyl (C=O) groups is 1. The summed E-state index contributed by atoms with van der Waals surface area (Å²) in [7, 11) is 3.19. The molecule has 152 valence electrons. The van der Waals surface area contributed by atoms with Crippen molar-refractivity contribution in [3.63, 3.8) is 0 Å². The Hall–Kier alpha value is -2.89. The zero-order chi connectivity index (χ0) is 20.5. The molecule has 0 saturated carbocycles. The maximum Gasteiger partial charge on any atom is 0.261 e. The predicted molar refractivity (Wildman–Crippen MR) is 108 cm³/mol. The average molecular weight is 387 g/mol. The van der Waals surface area contributed by atoms with Gasteiger partial charge in [0.2, 0.25) is 0 Å². The molecule has 0 spiro atoms. The zero-order valence-electron chi connectivity index (χ0n) is 17.2. The molecule has 1 amide bonds. The lowest BCUT2D eigenvalue weighted by Gasteiger charge is -2.18. The first-order chi connectivity index (χ1) is 13.5. The number of nitrogens with one attached hydrogen (secondary N) is 1. The maximum absolute atomic E-state index is 12.6. The van der Waals surface area contributed by atoms with E-state index in [0.29, 0.717) is 36.0 Å². The number of hydrogen-bond donors (Lipinski definition) is 1. The summed E-state index contributed by atoms with van der Waals surface area (Å²) >= 11 is 0. The highest BCUT2D eigenvalue weighted by molar-refractivity contribution is 5.81. The van der Waals surface area contributed by atoms with E-state index in [1.165, 1.54) is 0 Å². The first-order valence-corrected chi connectivity index (χ1v) is 9.38. The smallest absolute Gasteiger partial charge is 0.261 e. The van der Waals surface area contributed by atoms with Gasteiger partial charge in [0.1, 0.15) is 11.5 Å². The molecule has 0 aliphatic carbocycles. The maximum atomic E-state index is 12.6. The van der Waals surface area contributed by atoms with Crippen LogP contribution in [0.4, 0.5) is 0 Å². The molecule has 1 atom stereocenters. The molecular formula is C22H29NO5. The van der Waals surface area contributed by atoms with Crippen molar-refractivity contribution < 1.29 is 23.7 Å². The summed E-state index contributed by atoms with van der Waals surface area (Å²) in [5.74, 6) is 2.43. The second kappa shape index (κ2) is 10.4. The van der Waals surface area contributed by atoms with Crippen LogP contribution in [0.2, 0.25) is 0 Å². The van der Waals surface area contributed by atoms with E-state index < -0.39 is 6.10 Å². The molecule has 2 aromatic carbocycles. The van der Waals surface area contributed by atoms with Crippen molar-refractivity contribution in [2.45, 2.75) is 45.9 Å². The first-order valence-electron chi connectivity index (χ1n) is 9.38. The van der Waals surface area contributed by atoms with Gasteiger partial charge in [-0.05, 0) is 50.1 Å². The van der Waals surface area contributed by atoms with Gasteiger partial charge in [0.05, 0.1) is 20.3 Å². The molecule has 0 aliphatic heterocycles. The highest BCUT2D eigenvalue weighted by Gasteiger charge is 2.18. The summed E-state index contributed by atoms with van der Waals surface area (Å²) in [6.45, 7) is 6.20. The largest absolute Gasteiger partial charge is 0.497 e. The van der Waals surface area contributed by atoms with Crippen molar-refractivity contribution in [1.29, 1.82) is 0 Å². The van der Waals surface area contributed by atoms with Crippen molar-refractivity contribution in [3.05, 3.63) is 48.0 Å². The molecule has 0 heterocycles. The number of hydrogen-bond acceptors (Lipinski definition) is 5. The molecule has 2 aromatic rings. The Morgan fingerprint density at radius 1 is 0.964 bits per heavy atom. The molecule has 0 aromatic heterocycles. The van der Waals surface area contributed by atoms with E-state index in [-0.39, 0.29) is 12.0 Å². The Bertz CT molecular complexity index is 775. The van der Waals surface area contributed by atoms with Gasteiger partial charge in [0, 0.05) is 12.6 Å². The molecule has 0 radical (unpaired) electrons. The van der Waals surface area contributed by atoms with Gasteiger partial charge in [0.25, 0.3) is 5.91 Å². The fourth-order valence-electron chi connectivity index (χ4n) is 2.64. The van der Waals surface area contributed by atoms with Crippen molar-refractivity contribution in [3.8, 4) is 23.0 Å². The van der Waals surface area contributed by atoms with Crippen LogP contribution in [0.25, 0.3) is 0 Å². The second-order valence-corrected chi connectivity index (χ2v) is 6.56. The number of benzene rings is 2. The average Bonchev–Trinajstić information content (AvgIpc) is 2.70. The van der Waals surface area contributed by atoms with Crippen molar-refractivity contribution >= 4 is 5.91 Å². The molecule has 0 bridgehead atoms. The van der Waals surface area contributed by atoms with Crippen molar-refractivity contribution in [2.24, 2.45) is 0 Å². The lowest BCUT2D eigenvalue weighted by atomic mass is 10.2. The summed E-state index contributed by atoms with van der Waals surface area (Å²) in [4.78, 5) is 12.6. The molecule has 0 saturated heterocycles. The number of ether oxygens (including phenoxy) is 4. The van der Waals surface area contributed by atoms with E-state index in [1.807, 2.05) is 51.1 Å². The predicted octanol–water partition coefficient (Wildman–Crippen LogP) is 3.96. The Kier molecular flexibility index (Phi) is 7.99. The Labute approximate surface area is 166 Å². The van der Waals surface area contributed by atoms with Crippen LogP contribution in [0.1, 0.15) is 32.8 Å². The molecule has 0 fully saturated rings. The van der Waals surface area contributed by atoms with Gasteiger partial charge in [-0.1, -0.05) is 19.1 Å². The third-order valence-corrected chi connectivity index (χ3v) is 4.04. The topological polar surface area (TPSA) is 66.0 Å². The van der Waals surface area contributed by atoms with Crippen LogP contribution in [0, 0.1) is 0 Å². The number of amides is 1. The van der Waals surface area contributed by atoms with E-state index in [2.05, 4.69) is 5.32 Å². The van der Waals surface area contributed by atoms with Gasteiger partial charge in [-0.25, -0.2) is 0 Å². The van der Waals surface area contributed by atoms with E-state index >= 15 is 0 Å². The first kappa shape index (κ1) is 21.4. The van der Waals surface area contributed by atoms with Crippen LogP contribution in [0.3, 0.4) is 0 Å². The summed E-state index contributed by atoms with van der Waals surface area (Å²) < 4.78 is 22.1. The molecule has 2 rings (SSSR count). The Balaban J connectivity index is 1.99. The number of carbonyl (C=O) groups excluding carboxylic acids is 1. The molecule has 1 unspecified atom stereocenters. The van der Waals surface area contributed by atoms with Gasteiger partial charge in [-0.15, -0.1) is 0 Å². The molecule has 28 heavy (non-hydrogen) atoms. The molecule has 6 nitrogen and oxygen atoms in total. The van der Waals surface area contributed by atoms with Crippen LogP contribution in [-0.2, 0) is 11.3 Å². The minimum Gasteiger partial charge on any atom is -0.497 e. The van der Waals surface area contributed by atoms with E-state index in [4.69, 9.17) is 18.9 Å². The fourth-order valence-corrected chi connectivity index (χ4v) is 2.64. The lowest BCUT2D eigenvalue weighted by Crippen LogP contribution is -2.37. The van der Waals surface area contributed by atoms with Crippen molar-refractivity contribution in [2.75, 3.05) is 14.2 Å². The number of rotatable bonds is 10. The summed E-state index contributed by atoms with van der Waals surface area (Å²) in [5, 5.41) is 2.92. The third kappa shape index (κ3) is 6.08. The monoisotopic (exact) mass is 387 g/mol. The highest BCUT2D eigenvalue weighted by atomic mass is 16.5. The summed E-state index contributed by atoms with van der Waals surface area (Å²) in [6, 6.07) is 12.8. The number of methoxy groups -OCH3 is 2. The van der Waals surface area contributed by atoms with Crippen LogP contribution in [-0.4, -0.2) is 32.3 Å². The lowest BCUT2D eigenvalue weighted by molar-refractivity contribution is -0.128. The van der Waals surface area contributed by atoms with Crippen LogP contribution >= 0.6 is 0 Å². The summed E-state index contributed by atoms with van der Waals surface area (Å²) in [5.41, 5.74) is 0.914. The Morgan fingerprint density at radius 2 is 1.71 bits per heavy atom. The van der Waals surface area contributed by atoms with E-state index in [0.717, 1.165) is 5.56 Å². The van der Waals surface area contributed by atoms with Crippen LogP contribution in [0.5, 0.6) is 23.0 Å². The van der Waals surface area contributed by atoms with Gasteiger partial charge in [0.15, 0.2) is 17.6 Å². The minimum absolute atomic E-state index is 0.0542. The van der Waals surface area contributed by atoms with Gasteiger partial charge in [-0.2, -0.15) is 0 Å². The van der Waals surface area contributed by atoms with Gasteiger partial charge >= 0.3 is 0 Å². The van der Waals surface area contributed by atoms with Crippen LogP contribution in [0.15, 0.2) is 42.5 Å². The zero-order valence-corrected chi connectivity index (χ0v) is 17.2. The second-order valence-electron chi connectivity index (χ2n) is 6.56. The standard InChI is InChI=1S/C22H29NO5/c1-6-19(28-18-9-7-8-17(13-18)25-4)22(24)23-14-16-10-11-20(27-15(2)3)21(12-16)26-5/h7-13,15,19H,6,14H2,1-5H3,(H,23,24). The molecule has 6 heteroatoms. The summed E-state index contributed by atoms with van der Waals surface area (Å²) in [6.07, 6.45) is 0.0177. The quantitative estimate of drug-likeness (QED) is 0.668. The normalized spacial score (nSPS) is 11.6.